The van der Waals surface area contributed by atoms with Crippen molar-refractivity contribution in [2.45, 2.75) is 13.0 Å². The fraction of sp³-hybridized carbons (Fsp3) is 0.533. The van der Waals surface area contributed by atoms with Crippen molar-refractivity contribution in [3.8, 4) is 0 Å². The van der Waals surface area contributed by atoms with Gasteiger partial charge in [0.05, 0.1) is 19.8 Å². The van der Waals surface area contributed by atoms with Crippen LogP contribution in [0.25, 0.3) is 0 Å². The maximum Gasteiger partial charge on any atom is 0.409 e. The maximum atomic E-state index is 11.7. The number of morpholine rings is 1. The van der Waals surface area contributed by atoms with Crippen LogP contribution < -0.4 is 5.32 Å². The van der Waals surface area contributed by atoms with Gasteiger partial charge in [0.15, 0.2) is 0 Å². The van der Waals surface area contributed by atoms with E-state index >= 15 is 0 Å². The van der Waals surface area contributed by atoms with Gasteiger partial charge in [-0.2, -0.15) is 0 Å². The molecule has 0 atom stereocenters. The number of rotatable bonds is 6. The van der Waals surface area contributed by atoms with Gasteiger partial charge in [-0.25, -0.2) is 4.79 Å². The molecule has 5 heteroatoms. The molecule has 0 bridgehead atoms. The van der Waals surface area contributed by atoms with E-state index in [-0.39, 0.29) is 6.09 Å². The summed E-state index contributed by atoms with van der Waals surface area (Å²) in [5.74, 6) is 0. The quantitative estimate of drug-likeness (QED) is 0.804. The second kappa shape index (κ2) is 8.55. The van der Waals surface area contributed by atoms with Gasteiger partial charge in [-0.15, -0.1) is 0 Å². The summed E-state index contributed by atoms with van der Waals surface area (Å²) in [7, 11) is 0. The number of amides is 1. The van der Waals surface area contributed by atoms with Crippen LogP contribution in [0.3, 0.4) is 0 Å². The first-order chi connectivity index (χ1) is 9.86. The van der Waals surface area contributed by atoms with Gasteiger partial charge in [0.1, 0.15) is 0 Å². The summed E-state index contributed by atoms with van der Waals surface area (Å²) in [6, 6.07) is 10.2. The van der Waals surface area contributed by atoms with E-state index in [0.29, 0.717) is 32.9 Å². The summed E-state index contributed by atoms with van der Waals surface area (Å²) < 4.78 is 10.4. The van der Waals surface area contributed by atoms with Crippen molar-refractivity contribution in [2.24, 2.45) is 0 Å². The largest absolute Gasteiger partial charge is 0.449 e. The lowest BCUT2D eigenvalue weighted by Gasteiger charge is -2.25. The molecule has 1 heterocycles. The normalized spacial score (nSPS) is 15.1. The van der Waals surface area contributed by atoms with Gasteiger partial charge in [-0.3, -0.25) is 0 Å². The van der Waals surface area contributed by atoms with Crippen molar-refractivity contribution in [2.75, 3.05) is 39.5 Å². The molecule has 1 amide bonds. The summed E-state index contributed by atoms with van der Waals surface area (Å²) in [5.41, 5.74) is 1.26. The Hall–Kier alpha value is -1.59. The van der Waals surface area contributed by atoms with Crippen molar-refractivity contribution in [1.29, 1.82) is 0 Å². The molecule has 110 valence electrons. The molecule has 0 radical (unpaired) electrons. The van der Waals surface area contributed by atoms with Crippen molar-refractivity contribution in [3.63, 3.8) is 0 Å². The molecular formula is C15H22N2O3. The zero-order valence-corrected chi connectivity index (χ0v) is 11.7. The van der Waals surface area contributed by atoms with Gasteiger partial charge in [0.25, 0.3) is 0 Å². The Morgan fingerprint density at radius 3 is 2.75 bits per heavy atom. The maximum absolute atomic E-state index is 11.7. The van der Waals surface area contributed by atoms with Crippen LogP contribution in [-0.2, 0) is 16.0 Å². The van der Waals surface area contributed by atoms with Crippen molar-refractivity contribution in [3.05, 3.63) is 35.9 Å². The average molecular weight is 278 g/mol. The molecule has 2 rings (SSSR count). The van der Waals surface area contributed by atoms with E-state index in [2.05, 4.69) is 17.4 Å². The number of nitrogens with zero attached hydrogens (tertiary/aromatic N) is 1. The predicted molar refractivity (Wildman–Crippen MR) is 76.5 cm³/mol. The Bertz CT molecular complexity index is 391. The molecule has 5 nitrogen and oxygen atoms in total. The van der Waals surface area contributed by atoms with Crippen LogP contribution in [0.2, 0.25) is 0 Å². The highest BCUT2D eigenvalue weighted by atomic mass is 16.6. The zero-order valence-electron chi connectivity index (χ0n) is 11.7. The second-order valence-electron chi connectivity index (χ2n) is 4.73. The van der Waals surface area contributed by atoms with Gasteiger partial charge in [0.2, 0.25) is 0 Å². The molecule has 1 aliphatic rings. The number of carbonyl (C=O) groups is 1. The Morgan fingerprint density at radius 2 is 2.00 bits per heavy atom. The number of hydrogen-bond donors (Lipinski definition) is 1. The van der Waals surface area contributed by atoms with E-state index in [4.69, 9.17) is 9.47 Å². The third kappa shape index (κ3) is 5.19. The third-order valence-corrected chi connectivity index (χ3v) is 3.16. The van der Waals surface area contributed by atoms with Crippen LogP contribution in [0.5, 0.6) is 0 Å². The van der Waals surface area contributed by atoms with E-state index in [1.807, 2.05) is 18.2 Å². The topological polar surface area (TPSA) is 50.8 Å². The van der Waals surface area contributed by atoms with E-state index in [9.17, 15) is 4.79 Å². The van der Waals surface area contributed by atoms with Crippen LogP contribution in [0.15, 0.2) is 30.3 Å². The van der Waals surface area contributed by atoms with Crippen LogP contribution in [0, 0.1) is 0 Å². The number of benzene rings is 1. The Labute approximate surface area is 119 Å². The van der Waals surface area contributed by atoms with Crippen molar-refractivity contribution < 1.29 is 14.3 Å². The number of ether oxygens (including phenoxy) is 2. The van der Waals surface area contributed by atoms with Crippen molar-refractivity contribution in [1.82, 2.24) is 10.2 Å². The van der Waals surface area contributed by atoms with E-state index in [1.54, 1.807) is 4.90 Å². The molecule has 20 heavy (non-hydrogen) atoms. The first-order valence-electron chi connectivity index (χ1n) is 7.10. The van der Waals surface area contributed by atoms with Gasteiger partial charge >= 0.3 is 6.09 Å². The van der Waals surface area contributed by atoms with Crippen LogP contribution in [0.4, 0.5) is 4.79 Å². The van der Waals surface area contributed by atoms with Crippen molar-refractivity contribution >= 4 is 6.09 Å². The lowest BCUT2D eigenvalue weighted by atomic mass is 10.2. The summed E-state index contributed by atoms with van der Waals surface area (Å²) in [6.07, 6.45) is 0.597. The molecule has 1 aromatic carbocycles. The molecule has 0 aromatic heterocycles. The Balaban J connectivity index is 1.50. The first-order valence-corrected chi connectivity index (χ1v) is 7.10. The van der Waals surface area contributed by atoms with Gasteiger partial charge in [-0.1, -0.05) is 30.3 Å². The smallest absolute Gasteiger partial charge is 0.409 e. The highest BCUT2D eigenvalue weighted by molar-refractivity contribution is 5.67. The average Bonchev–Trinajstić information content (AvgIpc) is 2.52. The van der Waals surface area contributed by atoms with Gasteiger partial charge in [0, 0.05) is 19.6 Å². The highest BCUT2D eigenvalue weighted by Gasteiger charge is 2.17. The Morgan fingerprint density at radius 1 is 1.25 bits per heavy atom. The van der Waals surface area contributed by atoms with E-state index < -0.39 is 0 Å². The number of carbonyl (C=O) groups excluding carboxylic acids is 1. The summed E-state index contributed by atoms with van der Waals surface area (Å²) in [5, 5.41) is 3.33. The minimum absolute atomic E-state index is 0.226. The Kier molecular flexibility index (Phi) is 6.34. The number of hydrogen-bond acceptors (Lipinski definition) is 4. The number of nitrogens with one attached hydrogen (secondary N) is 1. The molecule has 1 saturated heterocycles. The molecule has 1 fully saturated rings. The fourth-order valence-electron chi connectivity index (χ4n) is 2.02. The molecule has 1 aliphatic heterocycles. The molecule has 0 unspecified atom stereocenters. The predicted octanol–water partition coefficient (Wildman–Crippen LogP) is 1.64. The molecule has 1 aromatic rings. The molecular weight excluding hydrogens is 256 g/mol. The van der Waals surface area contributed by atoms with Gasteiger partial charge < -0.3 is 19.7 Å². The molecule has 1 N–H and O–H groups in total. The van der Waals surface area contributed by atoms with Crippen LogP contribution >= 0.6 is 0 Å². The minimum atomic E-state index is -0.226. The highest BCUT2D eigenvalue weighted by Crippen LogP contribution is 2.00. The van der Waals surface area contributed by atoms with E-state index in [0.717, 1.165) is 19.5 Å². The summed E-state index contributed by atoms with van der Waals surface area (Å²) in [4.78, 5) is 13.4. The third-order valence-electron chi connectivity index (χ3n) is 3.16. The lowest BCUT2D eigenvalue weighted by Crippen LogP contribution is -2.41. The van der Waals surface area contributed by atoms with Crippen LogP contribution in [-0.4, -0.2) is 50.4 Å². The monoisotopic (exact) mass is 278 g/mol. The fourth-order valence-corrected chi connectivity index (χ4v) is 2.02. The van der Waals surface area contributed by atoms with E-state index in [1.165, 1.54) is 5.56 Å². The van der Waals surface area contributed by atoms with Gasteiger partial charge in [-0.05, 0) is 18.5 Å². The summed E-state index contributed by atoms with van der Waals surface area (Å²) in [6.45, 7) is 4.61. The minimum Gasteiger partial charge on any atom is -0.449 e. The standard InChI is InChI=1S/C15H22N2O3/c18-15(17-8-11-19-12-9-17)20-10-4-7-16-13-14-5-2-1-3-6-14/h1-3,5-6,16H,4,7-13H2. The first kappa shape index (κ1) is 14.8. The summed E-state index contributed by atoms with van der Waals surface area (Å²) >= 11 is 0. The second-order valence-corrected chi connectivity index (χ2v) is 4.73. The molecule has 0 aliphatic carbocycles. The molecule has 0 saturated carbocycles. The zero-order chi connectivity index (χ0) is 14.0. The molecule has 0 spiro atoms. The lowest BCUT2D eigenvalue weighted by molar-refractivity contribution is 0.0269. The SMILES string of the molecule is O=C(OCCCNCc1ccccc1)N1CCOCC1. The van der Waals surface area contributed by atoms with Crippen LogP contribution in [0.1, 0.15) is 12.0 Å².